The Bertz CT molecular complexity index is 814. The van der Waals surface area contributed by atoms with E-state index in [2.05, 4.69) is 4.72 Å². The van der Waals surface area contributed by atoms with E-state index in [9.17, 15) is 13.2 Å². The minimum atomic E-state index is -3.89. The van der Waals surface area contributed by atoms with Crippen LogP contribution < -0.4 is 9.46 Å². The van der Waals surface area contributed by atoms with E-state index >= 15 is 0 Å². The van der Waals surface area contributed by atoms with E-state index in [1.54, 1.807) is 12.1 Å². The number of rotatable bonds is 7. The fraction of sp³-hybridized carbons (Fsp3) is 0.167. The zero-order valence-corrected chi connectivity index (χ0v) is 14.1. The van der Waals surface area contributed by atoms with E-state index in [-0.39, 0.29) is 11.3 Å². The summed E-state index contributed by atoms with van der Waals surface area (Å²) in [6, 6.07) is 15.6. The summed E-state index contributed by atoms with van der Waals surface area (Å²) in [5, 5.41) is 0. The third kappa shape index (κ3) is 5.24. The van der Waals surface area contributed by atoms with Crippen LogP contribution in [-0.4, -0.2) is 21.4 Å². The molecule has 0 saturated carbocycles. The summed E-state index contributed by atoms with van der Waals surface area (Å²) in [6.45, 7) is 0. The van der Waals surface area contributed by atoms with E-state index in [0.29, 0.717) is 12.2 Å². The van der Waals surface area contributed by atoms with Gasteiger partial charge >= 0.3 is 0 Å². The molecule has 0 heterocycles. The quantitative estimate of drug-likeness (QED) is 0.837. The largest absolute Gasteiger partial charge is 0.497 e. The Balaban J connectivity index is 1.90. The first-order valence-corrected chi connectivity index (χ1v) is 8.91. The number of sulfonamides is 1. The maximum atomic E-state index is 12.2. The first-order valence-electron chi connectivity index (χ1n) is 7.42. The molecule has 24 heavy (non-hydrogen) atoms. The minimum absolute atomic E-state index is 0.00460. The van der Waals surface area contributed by atoms with Crippen molar-refractivity contribution < 1.29 is 17.9 Å². The number of nitrogens with one attached hydrogen (secondary N) is 1. The smallest absolute Gasteiger partial charge is 0.264 e. The standard InChI is InChI=1S/C18H19NO4S/c1-23-16-11-7-12-17(14-16)24(21,22)19-18(20)13-6-5-10-15-8-3-2-4-9-15/h2-5,7-12,14H,6,13H2,1H3,(H,19,20). The van der Waals surface area contributed by atoms with Crippen LogP contribution in [0.4, 0.5) is 0 Å². The van der Waals surface area contributed by atoms with Crippen LogP contribution in [0.1, 0.15) is 18.4 Å². The topological polar surface area (TPSA) is 72.5 Å². The second-order valence-corrected chi connectivity index (χ2v) is 6.74. The van der Waals surface area contributed by atoms with Crippen LogP contribution in [0, 0.1) is 0 Å². The van der Waals surface area contributed by atoms with E-state index in [1.165, 1.54) is 19.2 Å². The van der Waals surface area contributed by atoms with Crippen LogP contribution in [0.25, 0.3) is 6.08 Å². The Morgan fingerprint density at radius 3 is 2.58 bits per heavy atom. The van der Waals surface area contributed by atoms with Crippen molar-refractivity contribution in [2.45, 2.75) is 17.7 Å². The summed E-state index contributed by atoms with van der Waals surface area (Å²) >= 11 is 0. The molecule has 0 spiro atoms. The van der Waals surface area contributed by atoms with Gasteiger partial charge in [0.1, 0.15) is 5.75 Å². The number of amides is 1. The van der Waals surface area contributed by atoms with Gasteiger partial charge in [-0.3, -0.25) is 4.79 Å². The van der Waals surface area contributed by atoms with Crippen LogP contribution in [-0.2, 0) is 14.8 Å². The summed E-state index contributed by atoms with van der Waals surface area (Å²) in [7, 11) is -2.44. The van der Waals surface area contributed by atoms with Gasteiger partial charge in [0, 0.05) is 12.5 Å². The van der Waals surface area contributed by atoms with Crippen molar-refractivity contribution in [3.05, 3.63) is 66.2 Å². The molecule has 0 unspecified atom stereocenters. The summed E-state index contributed by atoms with van der Waals surface area (Å²) < 4.78 is 31.4. The maximum absolute atomic E-state index is 12.2. The Labute approximate surface area is 142 Å². The molecule has 2 rings (SSSR count). The molecule has 2 aromatic carbocycles. The molecule has 0 fully saturated rings. The third-order valence-electron chi connectivity index (χ3n) is 3.25. The predicted octanol–water partition coefficient (Wildman–Crippen LogP) is 2.99. The zero-order valence-electron chi connectivity index (χ0n) is 13.3. The molecule has 0 aliphatic heterocycles. The SMILES string of the molecule is COc1cccc(S(=O)(=O)NC(=O)CCC=Cc2ccccc2)c1. The van der Waals surface area contributed by atoms with Crippen molar-refractivity contribution in [2.24, 2.45) is 0 Å². The van der Waals surface area contributed by atoms with Crippen molar-refractivity contribution in [1.29, 1.82) is 0 Å². The molecule has 0 bridgehead atoms. The first kappa shape index (κ1) is 17.7. The molecule has 1 amide bonds. The molecule has 0 saturated heterocycles. The van der Waals surface area contributed by atoms with Gasteiger partial charge in [-0.05, 0) is 24.1 Å². The highest BCUT2D eigenvalue weighted by Gasteiger charge is 2.17. The molecule has 1 N–H and O–H groups in total. The summed E-state index contributed by atoms with van der Waals surface area (Å²) in [5.41, 5.74) is 1.03. The highest BCUT2D eigenvalue weighted by atomic mass is 32.2. The summed E-state index contributed by atoms with van der Waals surface area (Å²) in [6.07, 6.45) is 4.28. The molecule has 0 radical (unpaired) electrons. The van der Waals surface area contributed by atoms with Crippen LogP contribution in [0.15, 0.2) is 65.6 Å². The van der Waals surface area contributed by atoms with Gasteiger partial charge in [-0.1, -0.05) is 48.6 Å². The number of benzene rings is 2. The van der Waals surface area contributed by atoms with Crippen LogP contribution in [0.2, 0.25) is 0 Å². The van der Waals surface area contributed by atoms with Crippen LogP contribution in [0.3, 0.4) is 0 Å². The molecule has 0 atom stereocenters. The minimum Gasteiger partial charge on any atom is -0.497 e. The Morgan fingerprint density at radius 1 is 1.12 bits per heavy atom. The van der Waals surface area contributed by atoms with Crippen molar-refractivity contribution in [1.82, 2.24) is 4.72 Å². The number of hydrogen-bond donors (Lipinski definition) is 1. The van der Waals surface area contributed by atoms with E-state index in [4.69, 9.17) is 4.74 Å². The molecule has 0 aliphatic rings. The second kappa shape index (κ2) is 8.31. The lowest BCUT2D eigenvalue weighted by molar-refractivity contribution is -0.119. The van der Waals surface area contributed by atoms with Gasteiger partial charge in [0.2, 0.25) is 5.91 Å². The Morgan fingerprint density at radius 2 is 1.88 bits per heavy atom. The van der Waals surface area contributed by atoms with Crippen LogP contribution in [0.5, 0.6) is 5.75 Å². The summed E-state index contributed by atoms with van der Waals surface area (Å²) in [4.78, 5) is 11.8. The zero-order chi connectivity index (χ0) is 17.4. The van der Waals surface area contributed by atoms with Gasteiger partial charge in [-0.2, -0.15) is 0 Å². The van der Waals surface area contributed by atoms with Gasteiger partial charge in [-0.25, -0.2) is 13.1 Å². The molecule has 126 valence electrons. The van der Waals surface area contributed by atoms with Crippen molar-refractivity contribution in [3.8, 4) is 5.75 Å². The van der Waals surface area contributed by atoms with E-state index in [0.717, 1.165) is 5.56 Å². The molecule has 0 aliphatic carbocycles. The van der Waals surface area contributed by atoms with Crippen molar-refractivity contribution in [3.63, 3.8) is 0 Å². The van der Waals surface area contributed by atoms with Gasteiger partial charge in [0.25, 0.3) is 10.0 Å². The lowest BCUT2D eigenvalue weighted by Crippen LogP contribution is -2.30. The molecular weight excluding hydrogens is 326 g/mol. The average Bonchev–Trinajstić information content (AvgIpc) is 2.59. The molecule has 5 nitrogen and oxygen atoms in total. The third-order valence-corrected chi connectivity index (χ3v) is 4.62. The maximum Gasteiger partial charge on any atom is 0.264 e. The Hall–Kier alpha value is -2.60. The average molecular weight is 345 g/mol. The number of methoxy groups -OCH3 is 1. The predicted molar refractivity (Wildman–Crippen MR) is 93.0 cm³/mol. The molecule has 0 aromatic heterocycles. The normalized spacial score (nSPS) is 11.4. The fourth-order valence-electron chi connectivity index (χ4n) is 2.03. The number of carbonyl (C=O) groups excluding carboxylic acids is 1. The fourth-order valence-corrected chi connectivity index (χ4v) is 3.07. The van der Waals surface area contributed by atoms with Gasteiger partial charge in [0.15, 0.2) is 0 Å². The lowest BCUT2D eigenvalue weighted by atomic mass is 10.2. The second-order valence-electron chi connectivity index (χ2n) is 5.06. The number of ether oxygens (including phenoxy) is 1. The molecular formula is C18H19NO4S. The van der Waals surface area contributed by atoms with Gasteiger partial charge in [0.05, 0.1) is 12.0 Å². The van der Waals surface area contributed by atoms with Gasteiger partial charge in [-0.15, -0.1) is 0 Å². The Kier molecular flexibility index (Phi) is 6.14. The van der Waals surface area contributed by atoms with Crippen molar-refractivity contribution in [2.75, 3.05) is 7.11 Å². The lowest BCUT2D eigenvalue weighted by Gasteiger charge is -2.07. The van der Waals surface area contributed by atoms with Crippen molar-refractivity contribution >= 4 is 22.0 Å². The van der Waals surface area contributed by atoms with Crippen LogP contribution >= 0.6 is 0 Å². The number of hydrogen-bond acceptors (Lipinski definition) is 4. The summed E-state index contributed by atoms with van der Waals surface area (Å²) in [5.74, 6) is -0.133. The van der Waals surface area contributed by atoms with Gasteiger partial charge < -0.3 is 4.74 Å². The van der Waals surface area contributed by atoms with E-state index in [1.807, 2.05) is 42.5 Å². The molecule has 6 heteroatoms. The monoisotopic (exact) mass is 345 g/mol. The number of allylic oxidation sites excluding steroid dienone is 1. The highest BCUT2D eigenvalue weighted by Crippen LogP contribution is 2.16. The molecule has 2 aromatic rings. The number of carbonyl (C=O) groups is 1. The first-order chi connectivity index (χ1) is 11.5. The highest BCUT2D eigenvalue weighted by molar-refractivity contribution is 7.90. The van der Waals surface area contributed by atoms with E-state index < -0.39 is 15.9 Å².